The van der Waals surface area contributed by atoms with Crippen LogP contribution in [0, 0.1) is 11.6 Å². The molecule has 0 aliphatic carbocycles. The van der Waals surface area contributed by atoms with Gasteiger partial charge >= 0.3 is 0 Å². The predicted octanol–water partition coefficient (Wildman–Crippen LogP) is 1.49. The van der Waals surface area contributed by atoms with Crippen molar-refractivity contribution in [2.45, 2.75) is 4.90 Å². The maximum atomic E-state index is 13.3. The summed E-state index contributed by atoms with van der Waals surface area (Å²) < 4.78 is 51.9. The van der Waals surface area contributed by atoms with Gasteiger partial charge in [-0.05, 0) is 12.1 Å². The monoisotopic (exact) mass is 259 g/mol. The predicted molar refractivity (Wildman–Crippen MR) is 55.8 cm³/mol. The fourth-order valence-electron chi connectivity index (χ4n) is 1.24. The number of benzene rings is 1. The number of hydrogen-bond acceptors (Lipinski definition) is 3. The number of halogens is 2. The summed E-state index contributed by atoms with van der Waals surface area (Å²) >= 11 is 0. The molecule has 0 radical (unpaired) electrons. The van der Waals surface area contributed by atoms with Gasteiger partial charge in [-0.25, -0.2) is 26.9 Å². The number of aromatic amines is 1. The van der Waals surface area contributed by atoms with E-state index in [4.69, 9.17) is 0 Å². The second-order valence-electron chi connectivity index (χ2n) is 3.09. The summed E-state index contributed by atoms with van der Waals surface area (Å²) in [4.78, 5) is 5.02. The van der Waals surface area contributed by atoms with Crippen LogP contribution >= 0.6 is 0 Å². The summed E-state index contributed by atoms with van der Waals surface area (Å²) in [5.41, 5.74) is 0. The minimum atomic E-state index is -4.34. The molecule has 0 atom stereocenters. The third kappa shape index (κ3) is 2.26. The number of nitrogens with zero attached hydrogens (tertiary/aromatic N) is 1. The average Bonchev–Trinajstić information content (AvgIpc) is 2.68. The third-order valence-corrected chi connectivity index (χ3v) is 3.31. The van der Waals surface area contributed by atoms with Gasteiger partial charge in [-0.15, -0.1) is 0 Å². The zero-order valence-electron chi connectivity index (χ0n) is 8.31. The number of rotatable bonds is 3. The van der Waals surface area contributed by atoms with E-state index in [0.29, 0.717) is 0 Å². The van der Waals surface area contributed by atoms with E-state index in [1.807, 2.05) is 4.72 Å². The largest absolute Gasteiger partial charge is 0.330 e. The van der Waals surface area contributed by atoms with E-state index in [-0.39, 0.29) is 5.95 Å². The Morgan fingerprint density at radius 2 is 1.88 bits per heavy atom. The summed E-state index contributed by atoms with van der Waals surface area (Å²) in [6.07, 6.45) is 2.67. The zero-order chi connectivity index (χ0) is 12.5. The molecule has 0 fully saturated rings. The Labute approximate surface area is 95.6 Å². The van der Waals surface area contributed by atoms with E-state index in [2.05, 4.69) is 9.97 Å². The number of anilines is 1. The Hall–Kier alpha value is -1.96. The SMILES string of the molecule is O=S(=O)(Nc1ncc[nH]1)c1c(F)cccc1F. The van der Waals surface area contributed by atoms with Gasteiger partial charge in [0.1, 0.15) is 11.6 Å². The highest BCUT2D eigenvalue weighted by Crippen LogP contribution is 2.20. The molecule has 2 rings (SSSR count). The number of nitrogens with one attached hydrogen (secondary N) is 2. The molecule has 1 heterocycles. The van der Waals surface area contributed by atoms with Crippen LogP contribution < -0.4 is 4.72 Å². The van der Waals surface area contributed by atoms with Gasteiger partial charge in [-0.3, -0.25) is 0 Å². The number of H-pyrrole nitrogens is 1. The Morgan fingerprint density at radius 1 is 1.24 bits per heavy atom. The molecule has 0 spiro atoms. The molecule has 0 saturated carbocycles. The van der Waals surface area contributed by atoms with Crippen LogP contribution in [0.1, 0.15) is 0 Å². The molecule has 2 N–H and O–H groups in total. The molecule has 1 aromatic carbocycles. The Morgan fingerprint density at radius 3 is 2.41 bits per heavy atom. The number of imidazole rings is 1. The summed E-state index contributed by atoms with van der Waals surface area (Å²) in [5, 5.41) is 0. The normalized spacial score (nSPS) is 11.4. The number of sulfonamides is 1. The summed E-state index contributed by atoms with van der Waals surface area (Å²) in [6, 6.07) is 2.80. The van der Waals surface area contributed by atoms with Crippen molar-refractivity contribution in [3.8, 4) is 0 Å². The van der Waals surface area contributed by atoms with Gasteiger partial charge in [0.15, 0.2) is 4.90 Å². The lowest BCUT2D eigenvalue weighted by Crippen LogP contribution is -2.17. The summed E-state index contributed by atoms with van der Waals surface area (Å²) in [7, 11) is -4.34. The molecule has 0 aliphatic rings. The lowest BCUT2D eigenvalue weighted by atomic mass is 10.3. The summed E-state index contributed by atoms with van der Waals surface area (Å²) in [5.74, 6) is -2.44. The van der Waals surface area contributed by atoms with Crippen molar-refractivity contribution in [3.63, 3.8) is 0 Å². The maximum Gasteiger partial charge on any atom is 0.270 e. The molecule has 90 valence electrons. The van der Waals surface area contributed by atoms with E-state index in [9.17, 15) is 17.2 Å². The van der Waals surface area contributed by atoms with Crippen molar-refractivity contribution in [2.24, 2.45) is 0 Å². The second kappa shape index (κ2) is 4.13. The van der Waals surface area contributed by atoms with Gasteiger partial charge in [0.2, 0.25) is 5.95 Å². The van der Waals surface area contributed by atoms with Crippen LogP contribution in [0.3, 0.4) is 0 Å². The van der Waals surface area contributed by atoms with Crippen LogP contribution in [0.2, 0.25) is 0 Å². The molecule has 0 saturated heterocycles. The van der Waals surface area contributed by atoms with Crippen LogP contribution in [-0.2, 0) is 10.0 Å². The van der Waals surface area contributed by atoms with E-state index >= 15 is 0 Å². The van der Waals surface area contributed by atoms with Crippen LogP contribution in [0.15, 0.2) is 35.5 Å². The molecule has 8 heteroatoms. The molecule has 0 bridgehead atoms. The van der Waals surface area contributed by atoms with Crippen molar-refractivity contribution >= 4 is 16.0 Å². The standard InChI is InChI=1S/C9H7F2N3O2S/c10-6-2-1-3-7(11)8(6)17(15,16)14-9-12-4-5-13-9/h1-5H,(H2,12,13,14). The molecular weight excluding hydrogens is 252 g/mol. The van der Waals surface area contributed by atoms with Crippen LogP contribution in [0.5, 0.6) is 0 Å². The van der Waals surface area contributed by atoms with E-state index < -0.39 is 26.6 Å². The molecule has 0 aliphatic heterocycles. The highest BCUT2D eigenvalue weighted by Gasteiger charge is 2.24. The second-order valence-corrected chi connectivity index (χ2v) is 4.71. The molecule has 17 heavy (non-hydrogen) atoms. The van der Waals surface area contributed by atoms with Crippen molar-refractivity contribution in [1.29, 1.82) is 0 Å². The smallest absolute Gasteiger partial charge is 0.270 e. The first-order valence-corrected chi connectivity index (χ1v) is 5.95. The van der Waals surface area contributed by atoms with Gasteiger partial charge in [-0.2, -0.15) is 0 Å². The van der Waals surface area contributed by atoms with Gasteiger partial charge in [0.05, 0.1) is 0 Å². The molecule has 0 unspecified atom stereocenters. The maximum absolute atomic E-state index is 13.3. The first kappa shape index (κ1) is 11.5. The van der Waals surface area contributed by atoms with E-state index in [1.165, 1.54) is 12.4 Å². The van der Waals surface area contributed by atoms with Crippen molar-refractivity contribution in [3.05, 3.63) is 42.2 Å². The third-order valence-electron chi connectivity index (χ3n) is 1.92. The van der Waals surface area contributed by atoms with Gasteiger partial charge in [0, 0.05) is 12.4 Å². The Balaban J connectivity index is 2.45. The summed E-state index contributed by atoms with van der Waals surface area (Å²) in [6.45, 7) is 0. The molecule has 5 nitrogen and oxygen atoms in total. The fraction of sp³-hybridized carbons (Fsp3) is 0. The van der Waals surface area contributed by atoms with E-state index in [0.717, 1.165) is 18.2 Å². The quantitative estimate of drug-likeness (QED) is 0.876. The molecule has 2 aromatic rings. The zero-order valence-corrected chi connectivity index (χ0v) is 9.13. The highest BCUT2D eigenvalue weighted by molar-refractivity contribution is 7.92. The van der Waals surface area contributed by atoms with Crippen molar-refractivity contribution < 1.29 is 17.2 Å². The molecule has 0 amide bonds. The average molecular weight is 259 g/mol. The minimum Gasteiger partial charge on any atom is -0.330 e. The Bertz CT molecular complexity index is 605. The van der Waals surface area contributed by atoms with Crippen LogP contribution in [0.25, 0.3) is 0 Å². The van der Waals surface area contributed by atoms with Crippen LogP contribution in [0.4, 0.5) is 14.7 Å². The van der Waals surface area contributed by atoms with Crippen LogP contribution in [-0.4, -0.2) is 18.4 Å². The first-order chi connectivity index (χ1) is 8.00. The lowest BCUT2D eigenvalue weighted by molar-refractivity contribution is 0.521. The topological polar surface area (TPSA) is 74.8 Å². The van der Waals surface area contributed by atoms with Gasteiger partial charge in [-0.1, -0.05) is 6.07 Å². The minimum absolute atomic E-state index is 0.118. The first-order valence-electron chi connectivity index (χ1n) is 4.47. The lowest BCUT2D eigenvalue weighted by Gasteiger charge is -2.06. The van der Waals surface area contributed by atoms with Crippen molar-refractivity contribution in [1.82, 2.24) is 9.97 Å². The number of aromatic nitrogens is 2. The van der Waals surface area contributed by atoms with Gasteiger partial charge in [0.25, 0.3) is 10.0 Å². The number of hydrogen-bond donors (Lipinski definition) is 2. The molecular formula is C9H7F2N3O2S. The molecule has 1 aromatic heterocycles. The highest BCUT2D eigenvalue weighted by atomic mass is 32.2. The van der Waals surface area contributed by atoms with Crippen molar-refractivity contribution in [2.75, 3.05) is 4.72 Å². The Kier molecular flexibility index (Phi) is 2.80. The fourth-order valence-corrected chi connectivity index (χ4v) is 2.36. The van der Waals surface area contributed by atoms with Gasteiger partial charge < -0.3 is 4.98 Å². The van der Waals surface area contributed by atoms with E-state index in [1.54, 1.807) is 0 Å².